The lowest BCUT2D eigenvalue weighted by molar-refractivity contribution is 1.12. The fourth-order valence-corrected chi connectivity index (χ4v) is 1.60. The number of pyridine rings is 1. The van der Waals surface area contributed by atoms with Gasteiger partial charge in [-0.05, 0) is 18.2 Å². The molecule has 4 heteroatoms. The van der Waals surface area contributed by atoms with Crippen molar-refractivity contribution in [3.8, 4) is 6.07 Å². The van der Waals surface area contributed by atoms with E-state index in [1.165, 1.54) is 0 Å². The molecule has 0 unspecified atom stereocenters. The molecular weight excluding hydrogens is 194 g/mol. The van der Waals surface area contributed by atoms with Crippen molar-refractivity contribution in [2.24, 2.45) is 0 Å². The van der Waals surface area contributed by atoms with Gasteiger partial charge in [-0.2, -0.15) is 5.26 Å². The molecule has 14 heavy (non-hydrogen) atoms. The molecule has 0 N–H and O–H groups in total. The van der Waals surface area contributed by atoms with Crippen LogP contribution in [0.25, 0.3) is 0 Å². The van der Waals surface area contributed by atoms with E-state index in [9.17, 15) is 0 Å². The number of hydrogen-bond donors (Lipinski definition) is 0. The number of nitriles is 1. The molecule has 68 valence electrons. The first-order valence-electron chi connectivity index (χ1n) is 4.16. The topological polar surface area (TPSA) is 39.9 Å². The second-order valence-electron chi connectivity index (χ2n) is 2.83. The zero-order valence-corrected chi connectivity index (χ0v) is 8.16. The van der Waals surface area contributed by atoms with Crippen molar-refractivity contribution in [1.29, 1.82) is 5.26 Å². The minimum absolute atomic E-state index is 0.561. The Balaban J connectivity index is 2.27. The van der Waals surface area contributed by atoms with Gasteiger partial charge in [-0.1, -0.05) is 18.3 Å². The molecule has 0 fully saturated rings. The summed E-state index contributed by atoms with van der Waals surface area (Å²) in [6.07, 6.45) is 3.53. The first-order valence-corrected chi connectivity index (χ1v) is 4.57. The highest BCUT2D eigenvalue weighted by Gasteiger charge is 2.21. The first kappa shape index (κ1) is 8.85. The molecule has 0 saturated carbocycles. The Morgan fingerprint density at radius 2 is 2.36 bits per heavy atom. The first-order chi connectivity index (χ1) is 6.83. The lowest BCUT2D eigenvalue weighted by atomic mass is 10.3. The normalized spacial score (nSPS) is 15.2. The third-order valence-corrected chi connectivity index (χ3v) is 2.44. The van der Waals surface area contributed by atoms with Gasteiger partial charge >= 0.3 is 0 Å². The number of anilines is 1. The van der Waals surface area contributed by atoms with Crippen molar-refractivity contribution in [3.05, 3.63) is 36.0 Å². The number of rotatable bonds is 1. The Bertz CT molecular complexity index is 430. The lowest BCUT2D eigenvalue weighted by Gasteiger charge is -2.16. The summed E-state index contributed by atoms with van der Waals surface area (Å²) in [6, 6.07) is 7.69. The van der Waals surface area contributed by atoms with Gasteiger partial charge in [0.15, 0.2) is 0 Å². The van der Waals surface area contributed by atoms with Gasteiger partial charge in [-0.3, -0.25) is 0 Å². The monoisotopic (exact) mass is 201 g/mol. The molecule has 0 amide bonds. The Kier molecular flexibility index (Phi) is 2.25. The highest BCUT2D eigenvalue weighted by atomic mass is 32.1. The van der Waals surface area contributed by atoms with Crippen LogP contribution < -0.4 is 4.90 Å². The maximum Gasteiger partial charge on any atom is 0.133 e. The molecule has 3 nitrogen and oxygen atoms in total. The van der Waals surface area contributed by atoms with Crippen molar-refractivity contribution in [2.45, 2.75) is 0 Å². The van der Waals surface area contributed by atoms with E-state index in [0.717, 1.165) is 5.82 Å². The summed E-state index contributed by atoms with van der Waals surface area (Å²) in [5.74, 6) is 0.791. The quantitative estimate of drug-likeness (QED) is 0.648. The summed E-state index contributed by atoms with van der Waals surface area (Å²) in [6.45, 7) is 0.638. The van der Waals surface area contributed by atoms with Gasteiger partial charge in [0.25, 0.3) is 0 Å². The van der Waals surface area contributed by atoms with E-state index < -0.39 is 0 Å². The summed E-state index contributed by atoms with van der Waals surface area (Å²) >= 11 is 5.14. The van der Waals surface area contributed by atoms with Crippen LogP contribution in [0.15, 0.2) is 36.0 Å². The van der Waals surface area contributed by atoms with Crippen LogP contribution in [0.1, 0.15) is 0 Å². The molecule has 0 aromatic carbocycles. The third-order valence-electron chi connectivity index (χ3n) is 2.00. The number of hydrogen-bond acceptors (Lipinski definition) is 3. The molecule has 0 spiro atoms. The third kappa shape index (κ3) is 1.38. The van der Waals surface area contributed by atoms with E-state index in [0.29, 0.717) is 17.1 Å². The van der Waals surface area contributed by atoms with Gasteiger partial charge < -0.3 is 4.90 Å². The Hall–Kier alpha value is -1.73. The fraction of sp³-hybridized carbons (Fsp3) is 0.100. The molecule has 1 aromatic rings. The number of thiocarbonyl (C=S) groups is 1. The van der Waals surface area contributed by atoms with Crippen molar-refractivity contribution in [1.82, 2.24) is 4.98 Å². The second-order valence-corrected chi connectivity index (χ2v) is 3.22. The molecule has 1 aliphatic rings. The zero-order valence-electron chi connectivity index (χ0n) is 7.34. The van der Waals surface area contributed by atoms with Crippen molar-refractivity contribution < 1.29 is 0 Å². The minimum atomic E-state index is 0.561. The average Bonchev–Trinajstić information content (AvgIpc) is 2.61. The largest absolute Gasteiger partial charge is 0.312 e. The van der Waals surface area contributed by atoms with Crippen LogP contribution in [-0.2, 0) is 0 Å². The fourth-order valence-electron chi connectivity index (χ4n) is 1.30. The van der Waals surface area contributed by atoms with Crippen molar-refractivity contribution in [3.63, 3.8) is 0 Å². The van der Waals surface area contributed by atoms with E-state index in [1.54, 1.807) is 6.20 Å². The summed E-state index contributed by atoms with van der Waals surface area (Å²) in [5, 5.41) is 8.75. The predicted molar refractivity (Wildman–Crippen MR) is 57.9 cm³/mol. The molecule has 2 heterocycles. The molecule has 0 saturated heterocycles. The van der Waals surface area contributed by atoms with Crippen LogP contribution >= 0.6 is 12.2 Å². The molecule has 1 aromatic heterocycles. The van der Waals surface area contributed by atoms with Gasteiger partial charge in [-0.25, -0.2) is 4.98 Å². The SMILES string of the molecule is N#CC1=CCN(c2ccccn2)C1=S. The molecule has 0 aliphatic carbocycles. The molecule has 1 aliphatic heterocycles. The van der Waals surface area contributed by atoms with Gasteiger partial charge in [0.05, 0.1) is 5.57 Å². The Morgan fingerprint density at radius 1 is 1.50 bits per heavy atom. The zero-order chi connectivity index (χ0) is 9.97. The summed E-state index contributed by atoms with van der Waals surface area (Å²) in [4.78, 5) is 6.58. The summed E-state index contributed by atoms with van der Waals surface area (Å²) in [7, 11) is 0. The number of aromatic nitrogens is 1. The standard InChI is InChI=1S/C10H7N3S/c11-7-8-4-6-13(10(8)14)9-3-1-2-5-12-9/h1-5H,6H2. The van der Waals surface area contributed by atoms with Crippen LogP contribution in [0, 0.1) is 11.3 Å². The molecule has 2 rings (SSSR count). The van der Waals surface area contributed by atoms with Crippen LogP contribution in [0.4, 0.5) is 5.82 Å². The van der Waals surface area contributed by atoms with E-state index in [1.807, 2.05) is 29.2 Å². The van der Waals surface area contributed by atoms with E-state index in [4.69, 9.17) is 17.5 Å². The van der Waals surface area contributed by atoms with Crippen LogP contribution in [0.2, 0.25) is 0 Å². The van der Waals surface area contributed by atoms with Gasteiger partial charge in [0, 0.05) is 12.7 Å². The average molecular weight is 201 g/mol. The maximum absolute atomic E-state index is 8.75. The maximum atomic E-state index is 8.75. The Morgan fingerprint density at radius 3 is 2.93 bits per heavy atom. The van der Waals surface area contributed by atoms with Crippen LogP contribution in [-0.4, -0.2) is 16.5 Å². The highest BCUT2D eigenvalue weighted by Crippen LogP contribution is 2.19. The molecule has 0 atom stereocenters. The van der Waals surface area contributed by atoms with Gasteiger partial charge in [0.1, 0.15) is 16.9 Å². The predicted octanol–water partition coefficient (Wildman–Crippen LogP) is 1.68. The van der Waals surface area contributed by atoms with Crippen molar-refractivity contribution >= 4 is 23.0 Å². The molecule has 0 radical (unpaired) electrons. The Labute approximate surface area is 87.3 Å². The molecular formula is C10H7N3S. The van der Waals surface area contributed by atoms with Gasteiger partial charge in [0.2, 0.25) is 0 Å². The molecule has 0 bridgehead atoms. The lowest BCUT2D eigenvalue weighted by Crippen LogP contribution is -2.25. The van der Waals surface area contributed by atoms with Crippen LogP contribution in [0.5, 0.6) is 0 Å². The van der Waals surface area contributed by atoms with Gasteiger partial charge in [-0.15, -0.1) is 0 Å². The van der Waals surface area contributed by atoms with E-state index in [-0.39, 0.29) is 0 Å². The van der Waals surface area contributed by atoms with Crippen molar-refractivity contribution in [2.75, 3.05) is 11.4 Å². The number of nitrogens with zero attached hydrogens (tertiary/aromatic N) is 3. The highest BCUT2D eigenvalue weighted by molar-refractivity contribution is 7.81. The summed E-state index contributed by atoms with van der Waals surface area (Å²) < 4.78 is 0. The minimum Gasteiger partial charge on any atom is -0.312 e. The van der Waals surface area contributed by atoms with Crippen LogP contribution in [0.3, 0.4) is 0 Å². The second kappa shape index (κ2) is 3.56. The smallest absolute Gasteiger partial charge is 0.133 e. The van der Waals surface area contributed by atoms with E-state index >= 15 is 0 Å². The summed E-state index contributed by atoms with van der Waals surface area (Å²) in [5.41, 5.74) is 0.561. The van der Waals surface area contributed by atoms with E-state index in [2.05, 4.69) is 11.1 Å².